The molecule has 0 atom stereocenters. The van der Waals surface area contributed by atoms with Gasteiger partial charge >= 0.3 is 0 Å². The van der Waals surface area contributed by atoms with Crippen LogP contribution >= 0.6 is 0 Å². The maximum atomic E-state index is 11.4. The number of likely N-dealkylation sites (tertiary alicyclic amines) is 1. The lowest BCUT2D eigenvalue weighted by Crippen LogP contribution is -2.49. The number of nitrogens with zero attached hydrogens (tertiary/aromatic N) is 1. The number of furan rings is 1. The molecule has 0 radical (unpaired) electrons. The molecule has 2 heterocycles. The molecule has 82 valence electrons. The Morgan fingerprint density at radius 2 is 2.33 bits per heavy atom. The summed E-state index contributed by atoms with van der Waals surface area (Å²) in [5, 5.41) is 0. The highest BCUT2D eigenvalue weighted by molar-refractivity contribution is 5.81. The van der Waals surface area contributed by atoms with Gasteiger partial charge in [-0.1, -0.05) is 0 Å². The average Bonchev–Trinajstić information content (AvgIpc) is 2.65. The van der Waals surface area contributed by atoms with Crippen LogP contribution in [0.4, 0.5) is 0 Å². The Labute approximate surface area is 90.1 Å². The van der Waals surface area contributed by atoms with E-state index in [9.17, 15) is 4.79 Å². The number of Topliss-reactive ketones (excluding diaryl/α,β-unsaturated/α-hetero) is 1. The van der Waals surface area contributed by atoms with E-state index in [2.05, 4.69) is 18.7 Å². The van der Waals surface area contributed by atoms with Crippen molar-refractivity contribution in [2.75, 3.05) is 6.54 Å². The standard InChI is InChI=1S/C12H17NO2/c1-12(2)6-5-10(14)8-13(12)9-11-4-3-7-15-11/h3-4,7H,5-6,8-9H2,1-2H3. The van der Waals surface area contributed by atoms with Crippen LogP contribution < -0.4 is 0 Å². The van der Waals surface area contributed by atoms with Crippen LogP contribution in [-0.2, 0) is 11.3 Å². The van der Waals surface area contributed by atoms with Gasteiger partial charge in [0.25, 0.3) is 0 Å². The van der Waals surface area contributed by atoms with Gasteiger partial charge in [0.15, 0.2) is 0 Å². The van der Waals surface area contributed by atoms with Gasteiger partial charge in [0.05, 0.1) is 19.4 Å². The van der Waals surface area contributed by atoms with E-state index in [4.69, 9.17) is 4.42 Å². The lowest BCUT2D eigenvalue weighted by Gasteiger charge is -2.41. The first-order valence-electron chi connectivity index (χ1n) is 5.37. The molecule has 0 aromatic carbocycles. The second-order valence-electron chi connectivity index (χ2n) is 4.79. The van der Waals surface area contributed by atoms with Gasteiger partial charge in [-0.2, -0.15) is 0 Å². The number of ketones is 1. The van der Waals surface area contributed by atoms with E-state index in [0.717, 1.165) is 18.7 Å². The first-order valence-corrected chi connectivity index (χ1v) is 5.37. The molecule has 0 bridgehead atoms. The van der Waals surface area contributed by atoms with E-state index in [1.54, 1.807) is 6.26 Å². The maximum absolute atomic E-state index is 11.4. The molecule has 15 heavy (non-hydrogen) atoms. The van der Waals surface area contributed by atoms with Crippen LogP contribution in [0.15, 0.2) is 22.8 Å². The summed E-state index contributed by atoms with van der Waals surface area (Å²) >= 11 is 0. The lowest BCUT2D eigenvalue weighted by atomic mass is 9.90. The molecule has 0 saturated carbocycles. The average molecular weight is 207 g/mol. The van der Waals surface area contributed by atoms with Crippen LogP contribution in [0.25, 0.3) is 0 Å². The molecule has 2 rings (SSSR count). The van der Waals surface area contributed by atoms with Gasteiger partial charge in [-0.15, -0.1) is 0 Å². The Hall–Kier alpha value is -1.09. The fraction of sp³-hybridized carbons (Fsp3) is 0.583. The lowest BCUT2D eigenvalue weighted by molar-refractivity contribution is -0.126. The quantitative estimate of drug-likeness (QED) is 0.745. The molecule has 0 aliphatic carbocycles. The van der Waals surface area contributed by atoms with E-state index in [-0.39, 0.29) is 5.54 Å². The SMILES string of the molecule is CC1(C)CCC(=O)CN1Cc1ccco1. The summed E-state index contributed by atoms with van der Waals surface area (Å²) in [5.41, 5.74) is 0.0979. The highest BCUT2D eigenvalue weighted by Crippen LogP contribution is 2.27. The molecule has 0 spiro atoms. The predicted molar refractivity (Wildman–Crippen MR) is 57.4 cm³/mol. The van der Waals surface area contributed by atoms with Crippen LogP contribution in [0.5, 0.6) is 0 Å². The Balaban J connectivity index is 2.08. The molecule has 0 N–H and O–H groups in total. The molecular formula is C12H17NO2. The zero-order valence-corrected chi connectivity index (χ0v) is 9.32. The molecule has 3 heteroatoms. The van der Waals surface area contributed by atoms with Gasteiger partial charge in [-0.3, -0.25) is 9.69 Å². The van der Waals surface area contributed by atoms with Gasteiger partial charge in [-0.05, 0) is 32.4 Å². The van der Waals surface area contributed by atoms with Gasteiger partial charge in [0, 0.05) is 12.0 Å². The minimum absolute atomic E-state index is 0.0979. The van der Waals surface area contributed by atoms with Crippen molar-refractivity contribution in [3.63, 3.8) is 0 Å². The van der Waals surface area contributed by atoms with E-state index >= 15 is 0 Å². The Bertz CT molecular complexity index is 341. The summed E-state index contributed by atoms with van der Waals surface area (Å²) in [6.07, 6.45) is 3.32. The molecule has 1 aromatic heterocycles. The molecule has 1 aliphatic rings. The summed E-state index contributed by atoms with van der Waals surface area (Å²) in [6.45, 7) is 5.64. The van der Waals surface area contributed by atoms with Crippen LogP contribution in [-0.4, -0.2) is 22.8 Å². The Morgan fingerprint density at radius 1 is 1.53 bits per heavy atom. The molecule has 1 aromatic rings. The highest BCUT2D eigenvalue weighted by Gasteiger charge is 2.33. The van der Waals surface area contributed by atoms with E-state index < -0.39 is 0 Å². The van der Waals surface area contributed by atoms with Gasteiger partial charge < -0.3 is 4.42 Å². The van der Waals surface area contributed by atoms with Crippen LogP contribution in [0.2, 0.25) is 0 Å². The van der Waals surface area contributed by atoms with E-state index in [0.29, 0.717) is 18.7 Å². The van der Waals surface area contributed by atoms with Crippen molar-refractivity contribution in [3.8, 4) is 0 Å². The van der Waals surface area contributed by atoms with Crippen molar-refractivity contribution < 1.29 is 9.21 Å². The summed E-state index contributed by atoms with van der Waals surface area (Å²) in [6, 6.07) is 3.84. The van der Waals surface area contributed by atoms with Gasteiger partial charge in [0.1, 0.15) is 11.5 Å². The van der Waals surface area contributed by atoms with Crippen LogP contribution in [0, 0.1) is 0 Å². The topological polar surface area (TPSA) is 33.5 Å². The predicted octanol–water partition coefficient (Wildman–Crippen LogP) is 2.22. The maximum Gasteiger partial charge on any atom is 0.146 e. The first-order chi connectivity index (χ1) is 7.08. The third-order valence-corrected chi connectivity index (χ3v) is 3.17. The minimum atomic E-state index is 0.0979. The van der Waals surface area contributed by atoms with Gasteiger partial charge in [0.2, 0.25) is 0 Å². The molecule has 3 nitrogen and oxygen atoms in total. The molecule has 1 fully saturated rings. The van der Waals surface area contributed by atoms with Crippen molar-refractivity contribution in [2.24, 2.45) is 0 Å². The summed E-state index contributed by atoms with van der Waals surface area (Å²) in [5.74, 6) is 1.26. The Kier molecular flexibility index (Phi) is 2.65. The van der Waals surface area contributed by atoms with Crippen molar-refractivity contribution in [1.29, 1.82) is 0 Å². The second-order valence-corrected chi connectivity index (χ2v) is 4.79. The Morgan fingerprint density at radius 3 is 3.00 bits per heavy atom. The number of carbonyl (C=O) groups excluding carboxylic acids is 1. The summed E-state index contributed by atoms with van der Waals surface area (Å²) in [4.78, 5) is 13.6. The number of carbonyl (C=O) groups is 1. The second kappa shape index (κ2) is 3.81. The molecule has 1 saturated heterocycles. The van der Waals surface area contributed by atoms with Crippen molar-refractivity contribution in [1.82, 2.24) is 4.90 Å². The monoisotopic (exact) mass is 207 g/mol. The molecular weight excluding hydrogens is 190 g/mol. The largest absolute Gasteiger partial charge is 0.468 e. The molecule has 0 amide bonds. The van der Waals surface area contributed by atoms with Crippen LogP contribution in [0.3, 0.4) is 0 Å². The van der Waals surface area contributed by atoms with Crippen LogP contribution in [0.1, 0.15) is 32.4 Å². The fourth-order valence-electron chi connectivity index (χ4n) is 1.97. The number of piperidine rings is 1. The fourth-order valence-corrected chi connectivity index (χ4v) is 1.97. The van der Waals surface area contributed by atoms with Gasteiger partial charge in [-0.25, -0.2) is 0 Å². The smallest absolute Gasteiger partial charge is 0.146 e. The summed E-state index contributed by atoms with van der Waals surface area (Å²) < 4.78 is 5.31. The van der Waals surface area contributed by atoms with E-state index in [1.165, 1.54) is 0 Å². The normalized spacial score (nSPS) is 21.9. The van der Waals surface area contributed by atoms with Crippen molar-refractivity contribution >= 4 is 5.78 Å². The van der Waals surface area contributed by atoms with Crippen molar-refractivity contribution in [3.05, 3.63) is 24.2 Å². The summed E-state index contributed by atoms with van der Waals surface area (Å²) in [7, 11) is 0. The number of hydrogen-bond acceptors (Lipinski definition) is 3. The molecule has 1 aliphatic heterocycles. The van der Waals surface area contributed by atoms with E-state index in [1.807, 2.05) is 12.1 Å². The third-order valence-electron chi connectivity index (χ3n) is 3.17. The highest BCUT2D eigenvalue weighted by atomic mass is 16.3. The number of rotatable bonds is 2. The zero-order chi connectivity index (χ0) is 10.9. The third kappa shape index (κ3) is 2.29. The number of hydrogen-bond donors (Lipinski definition) is 0. The molecule has 0 unspecified atom stereocenters. The minimum Gasteiger partial charge on any atom is -0.468 e. The van der Waals surface area contributed by atoms with Crippen molar-refractivity contribution in [2.45, 2.75) is 38.8 Å². The zero-order valence-electron chi connectivity index (χ0n) is 9.32. The first kappa shape index (κ1) is 10.4.